The van der Waals surface area contributed by atoms with Gasteiger partial charge in [0.2, 0.25) is 0 Å². The average molecular weight is 409 g/mol. The Hall–Kier alpha value is -2.31. The Morgan fingerprint density at radius 1 is 0.967 bits per heavy atom. The van der Waals surface area contributed by atoms with E-state index < -0.39 is 18.3 Å². The lowest BCUT2D eigenvalue weighted by atomic mass is 9.78. The second-order valence-corrected chi connectivity index (χ2v) is 8.59. The Balaban J connectivity index is 1.94. The molecule has 0 N–H and O–H groups in total. The molecule has 6 heteroatoms. The van der Waals surface area contributed by atoms with Crippen LogP contribution in [0.5, 0.6) is 5.75 Å². The summed E-state index contributed by atoms with van der Waals surface area (Å²) in [5.74, 6) is 0.598. The zero-order valence-corrected chi connectivity index (χ0v) is 18.9. The third-order valence-corrected chi connectivity index (χ3v) is 6.06. The largest absolute Gasteiger partial charge is 0.498 e. The molecule has 30 heavy (non-hydrogen) atoms. The number of amides is 1. The summed E-state index contributed by atoms with van der Waals surface area (Å²) in [6.45, 7) is 13.8. The summed E-state index contributed by atoms with van der Waals surface area (Å²) in [4.78, 5) is 14.7. The minimum atomic E-state index is -0.557. The molecule has 1 heterocycles. The zero-order chi connectivity index (χ0) is 21.9. The summed E-state index contributed by atoms with van der Waals surface area (Å²) in [5.41, 5.74) is 1.54. The van der Waals surface area contributed by atoms with Crippen molar-refractivity contribution in [1.82, 2.24) is 4.90 Å². The minimum absolute atomic E-state index is 0.00923. The molecule has 0 radical (unpaired) electrons. The highest BCUT2D eigenvalue weighted by atomic mass is 16.7. The molecule has 160 valence electrons. The van der Waals surface area contributed by atoms with E-state index in [4.69, 9.17) is 14.0 Å². The molecule has 1 aliphatic rings. The van der Waals surface area contributed by atoms with Crippen molar-refractivity contribution >= 4 is 18.5 Å². The predicted octanol–water partition coefficient (Wildman–Crippen LogP) is 4.05. The number of hydrogen-bond acceptors (Lipinski definition) is 4. The van der Waals surface area contributed by atoms with Crippen molar-refractivity contribution < 1.29 is 18.8 Å². The topological polar surface area (TPSA) is 48.0 Å². The summed E-state index contributed by atoms with van der Waals surface area (Å²) < 4.78 is 18.6. The number of benzene rings is 2. The molecule has 0 bridgehead atoms. The highest BCUT2D eigenvalue weighted by Gasteiger charge is 2.52. The van der Waals surface area contributed by atoms with Crippen LogP contribution in [0.15, 0.2) is 48.5 Å². The molecule has 5 nitrogen and oxygen atoms in total. The van der Waals surface area contributed by atoms with Gasteiger partial charge in [0.05, 0.1) is 11.2 Å². The average Bonchev–Trinajstić information content (AvgIpc) is 2.94. The Labute approximate surface area is 180 Å². The SMILES string of the molecule is CCN(CC)C(=O)c1ccc(B2OC(C)(C)C(C)(C)O2)c(OCc2ccccc2)c1. The van der Waals surface area contributed by atoms with E-state index >= 15 is 0 Å². The van der Waals surface area contributed by atoms with Gasteiger partial charge in [-0.1, -0.05) is 36.4 Å². The van der Waals surface area contributed by atoms with E-state index in [1.807, 2.05) is 90.1 Å². The van der Waals surface area contributed by atoms with Crippen LogP contribution in [0, 0.1) is 0 Å². The van der Waals surface area contributed by atoms with Crippen molar-refractivity contribution in [3.63, 3.8) is 0 Å². The van der Waals surface area contributed by atoms with Crippen LogP contribution < -0.4 is 10.2 Å². The van der Waals surface area contributed by atoms with E-state index in [0.717, 1.165) is 11.0 Å². The number of hydrogen-bond donors (Lipinski definition) is 0. The number of ether oxygens (including phenoxy) is 1. The van der Waals surface area contributed by atoms with Gasteiger partial charge >= 0.3 is 7.12 Å². The molecule has 0 saturated carbocycles. The van der Waals surface area contributed by atoms with E-state index in [-0.39, 0.29) is 5.91 Å². The first-order chi connectivity index (χ1) is 14.2. The maximum absolute atomic E-state index is 12.9. The smallest absolute Gasteiger partial charge is 0.489 e. The van der Waals surface area contributed by atoms with Gasteiger partial charge in [0.1, 0.15) is 12.4 Å². The van der Waals surface area contributed by atoms with Crippen LogP contribution >= 0.6 is 0 Å². The molecule has 0 spiro atoms. The first kappa shape index (κ1) is 22.4. The molecule has 0 aliphatic carbocycles. The van der Waals surface area contributed by atoms with Crippen LogP contribution in [0.4, 0.5) is 0 Å². The first-order valence-electron chi connectivity index (χ1n) is 10.6. The van der Waals surface area contributed by atoms with Gasteiger partial charge in [-0.25, -0.2) is 0 Å². The van der Waals surface area contributed by atoms with E-state index in [1.165, 1.54) is 0 Å². The van der Waals surface area contributed by atoms with Crippen molar-refractivity contribution in [3.8, 4) is 5.75 Å². The summed E-state index contributed by atoms with van der Waals surface area (Å²) >= 11 is 0. The van der Waals surface area contributed by atoms with Gasteiger partial charge in [-0.2, -0.15) is 0 Å². The summed E-state index contributed by atoms with van der Waals surface area (Å²) in [6.07, 6.45) is 0. The normalized spacial score (nSPS) is 17.1. The highest BCUT2D eigenvalue weighted by Crippen LogP contribution is 2.37. The number of nitrogens with zero attached hydrogens (tertiary/aromatic N) is 1. The van der Waals surface area contributed by atoms with Gasteiger partial charge in [0.15, 0.2) is 0 Å². The van der Waals surface area contributed by atoms with Crippen molar-refractivity contribution in [3.05, 3.63) is 59.7 Å². The fourth-order valence-electron chi connectivity index (χ4n) is 3.39. The molecule has 0 unspecified atom stereocenters. The quantitative estimate of drug-likeness (QED) is 0.648. The number of carbonyl (C=O) groups is 1. The van der Waals surface area contributed by atoms with Gasteiger partial charge < -0.3 is 18.9 Å². The van der Waals surface area contributed by atoms with E-state index in [1.54, 1.807) is 4.90 Å². The van der Waals surface area contributed by atoms with Crippen LogP contribution in [0.2, 0.25) is 0 Å². The molecule has 2 aromatic carbocycles. The predicted molar refractivity (Wildman–Crippen MR) is 120 cm³/mol. The summed E-state index contributed by atoms with van der Waals surface area (Å²) in [5, 5.41) is 0. The van der Waals surface area contributed by atoms with Crippen LogP contribution in [-0.4, -0.2) is 42.2 Å². The molecule has 1 saturated heterocycles. The van der Waals surface area contributed by atoms with Crippen molar-refractivity contribution in [2.75, 3.05) is 13.1 Å². The minimum Gasteiger partial charge on any atom is -0.489 e. The second-order valence-electron chi connectivity index (χ2n) is 8.59. The van der Waals surface area contributed by atoms with Crippen LogP contribution in [0.25, 0.3) is 0 Å². The fraction of sp³-hybridized carbons (Fsp3) is 0.458. The van der Waals surface area contributed by atoms with Gasteiger partial charge in [-0.15, -0.1) is 0 Å². The van der Waals surface area contributed by atoms with Crippen molar-refractivity contribution in [2.24, 2.45) is 0 Å². The van der Waals surface area contributed by atoms with Gasteiger partial charge in [-0.05, 0) is 59.2 Å². The van der Waals surface area contributed by atoms with E-state index in [2.05, 4.69) is 0 Å². The molecule has 0 atom stereocenters. The molecule has 2 aromatic rings. The lowest BCUT2D eigenvalue weighted by molar-refractivity contribution is 0.00578. The standard InChI is InChI=1S/C24H32BNO4/c1-7-26(8-2)22(27)19-14-15-20(25-29-23(3,4)24(5,6)30-25)21(16-19)28-17-18-12-10-9-11-13-18/h9-16H,7-8,17H2,1-6H3. The zero-order valence-electron chi connectivity index (χ0n) is 18.9. The van der Waals surface area contributed by atoms with Crippen LogP contribution in [0.1, 0.15) is 57.5 Å². The van der Waals surface area contributed by atoms with E-state index in [9.17, 15) is 4.79 Å². The molecule has 1 amide bonds. The Morgan fingerprint density at radius 3 is 2.13 bits per heavy atom. The molecule has 1 aliphatic heterocycles. The second kappa shape index (κ2) is 8.82. The molecule has 0 aromatic heterocycles. The first-order valence-corrected chi connectivity index (χ1v) is 10.6. The van der Waals surface area contributed by atoms with Crippen LogP contribution in [-0.2, 0) is 15.9 Å². The van der Waals surface area contributed by atoms with Crippen molar-refractivity contribution in [1.29, 1.82) is 0 Å². The lowest BCUT2D eigenvalue weighted by Crippen LogP contribution is -2.41. The lowest BCUT2D eigenvalue weighted by Gasteiger charge is -2.32. The number of carbonyl (C=O) groups excluding carboxylic acids is 1. The van der Waals surface area contributed by atoms with E-state index in [0.29, 0.717) is 31.0 Å². The Kier molecular flexibility index (Phi) is 6.58. The monoisotopic (exact) mass is 409 g/mol. The maximum Gasteiger partial charge on any atom is 0.498 e. The number of rotatable bonds is 7. The fourth-order valence-corrected chi connectivity index (χ4v) is 3.39. The summed E-state index contributed by atoms with van der Waals surface area (Å²) in [6, 6.07) is 15.5. The van der Waals surface area contributed by atoms with Crippen molar-refractivity contribution in [2.45, 2.75) is 59.4 Å². The van der Waals surface area contributed by atoms with Gasteiger partial charge in [0.25, 0.3) is 5.91 Å². The Morgan fingerprint density at radius 2 is 1.57 bits per heavy atom. The highest BCUT2D eigenvalue weighted by molar-refractivity contribution is 6.63. The summed E-state index contributed by atoms with van der Waals surface area (Å²) in [7, 11) is -0.557. The third-order valence-electron chi connectivity index (χ3n) is 6.06. The molecular weight excluding hydrogens is 377 g/mol. The van der Waals surface area contributed by atoms with Gasteiger partial charge in [-0.3, -0.25) is 4.79 Å². The molecule has 3 rings (SSSR count). The molecular formula is C24H32BNO4. The van der Waals surface area contributed by atoms with Gasteiger partial charge in [0, 0.05) is 24.1 Å². The molecule has 1 fully saturated rings. The van der Waals surface area contributed by atoms with Crippen LogP contribution in [0.3, 0.4) is 0 Å². The third kappa shape index (κ3) is 4.55. The Bertz CT molecular complexity index is 862. The maximum atomic E-state index is 12.9.